The first-order valence-corrected chi connectivity index (χ1v) is 4.03. The lowest BCUT2D eigenvalue weighted by Gasteiger charge is -1.96. The van der Waals surface area contributed by atoms with Crippen molar-refractivity contribution in [2.75, 3.05) is 7.11 Å². The minimum absolute atomic E-state index is 0.0239. The normalized spacial score (nSPS) is 8.88. The van der Waals surface area contributed by atoms with E-state index in [0.717, 1.165) is 19.4 Å². The van der Waals surface area contributed by atoms with Gasteiger partial charge in [0.25, 0.3) is 0 Å². The minimum atomic E-state index is -1.43. The number of ether oxygens (including phenoxy) is 1. The van der Waals surface area contributed by atoms with Crippen molar-refractivity contribution >= 4 is 11.9 Å². The topological polar surface area (TPSA) is 76.5 Å². The maximum atomic E-state index is 12.9. The molecule has 1 aromatic rings. The predicted octanol–water partition coefficient (Wildman–Crippen LogP) is 0.443. The SMILES string of the molecule is COC(=O)C#Cc1cc(C(=O)O)c(F)cn1. The molecule has 0 saturated heterocycles. The lowest BCUT2D eigenvalue weighted by molar-refractivity contribution is -0.133. The molecular weight excluding hydrogens is 217 g/mol. The zero-order valence-corrected chi connectivity index (χ0v) is 8.15. The zero-order chi connectivity index (χ0) is 12.1. The van der Waals surface area contributed by atoms with Crippen LogP contribution in [-0.2, 0) is 9.53 Å². The highest BCUT2D eigenvalue weighted by atomic mass is 19.1. The number of aromatic carboxylic acids is 1. The van der Waals surface area contributed by atoms with Gasteiger partial charge < -0.3 is 9.84 Å². The van der Waals surface area contributed by atoms with E-state index in [2.05, 4.69) is 15.6 Å². The van der Waals surface area contributed by atoms with E-state index in [1.165, 1.54) is 0 Å². The number of carboxylic acids is 1. The number of methoxy groups -OCH3 is 1. The molecule has 6 heteroatoms. The first kappa shape index (κ1) is 11.7. The van der Waals surface area contributed by atoms with Gasteiger partial charge in [0, 0.05) is 5.92 Å². The van der Waals surface area contributed by atoms with E-state index < -0.39 is 23.3 Å². The quantitative estimate of drug-likeness (QED) is 0.552. The summed E-state index contributed by atoms with van der Waals surface area (Å²) in [4.78, 5) is 24.7. The molecule has 0 aliphatic carbocycles. The number of hydrogen-bond donors (Lipinski definition) is 1. The standard InChI is InChI=1S/C10H6FNO4/c1-16-9(13)3-2-6-4-7(10(14)15)8(11)5-12-6/h4-5H,1H3,(H,14,15). The summed E-state index contributed by atoms with van der Waals surface area (Å²) in [5.41, 5.74) is -0.576. The van der Waals surface area contributed by atoms with E-state index in [1.807, 2.05) is 5.92 Å². The maximum Gasteiger partial charge on any atom is 0.384 e. The van der Waals surface area contributed by atoms with Crippen LogP contribution in [0.5, 0.6) is 0 Å². The Bertz CT molecular complexity index is 501. The second-order valence-corrected chi connectivity index (χ2v) is 2.60. The van der Waals surface area contributed by atoms with Gasteiger partial charge >= 0.3 is 11.9 Å². The summed E-state index contributed by atoms with van der Waals surface area (Å²) in [6.07, 6.45) is 0.727. The molecule has 0 spiro atoms. The Labute approximate surface area is 89.9 Å². The molecular formula is C10H6FNO4. The molecule has 16 heavy (non-hydrogen) atoms. The molecule has 1 N–H and O–H groups in total. The Kier molecular flexibility index (Phi) is 3.56. The number of aromatic nitrogens is 1. The van der Waals surface area contributed by atoms with Gasteiger partial charge in [-0.05, 0) is 12.0 Å². The Morgan fingerprint density at radius 3 is 2.81 bits per heavy atom. The molecule has 0 aliphatic heterocycles. The van der Waals surface area contributed by atoms with Crippen LogP contribution in [0.2, 0.25) is 0 Å². The van der Waals surface area contributed by atoms with Gasteiger partial charge in [-0.15, -0.1) is 0 Å². The highest BCUT2D eigenvalue weighted by Crippen LogP contribution is 2.06. The van der Waals surface area contributed by atoms with Crippen molar-refractivity contribution in [2.45, 2.75) is 0 Å². The van der Waals surface area contributed by atoms with Crippen molar-refractivity contribution in [1.82, 2.24) is 4.98 Å². The Hall–Kier alpha value is -2.42. The van der Waals surface area contributed by atoms with Crippen LogP contribution in [0.3, 0.4) is 0 Å². The van der Waals surface area contributed by atoms with Gasteiger partial charge in [0.05, 0.1) is 18.9 Å². The lowest BCUT2D eigenvalue weighted by Crippen LogP contribution is -2.02. The van der Waals surface area contributed by atoms with Crippen molar-refractivity contribution in [3.8, 4) is 11.8 Å². The second kappa shape index (κ2) is 4.89. The Morgan fingerprint density at radius 2 is 2.25 bits per heavy atom. The zero-order valence-electron chi connectivity index (χ0n) is 8.15. The monoisotopic (exact) mass is 223 g/mol. The smallest absolute Gasteiger partial charge is 0.384 e. The van der Waals surface area contributed by atoms with Crippen LogP contribution >= 0.6 is 0 Å². The van der Waals surface area contributed by atoms with E-state index in [1.54, 1.807) is 0 Å². The molecule has 5 nitrogen and oxygen atoms in total. The molecule has 1 heterocycles. The van der Waals surface area contributed by atoms with Crippen molar-refractivity contribution in [2.24, 2.45) is 0 Å². The molecule has 0 fully saturated rings. The number of pyridine rings is 1. The molecule has 0 unspecified atom stereocenters. The molecule has 1 rings (SSSR count). The number of nitrogens with zero attached hydrogens (tertiary/aromatic N) is 1. The number of carbonyl (C=O) groups excluding carboxylic acids is 1. The third-order valence-corrected chi connectivity index (χ3v) is 1.56. The van der Waals surface area contributed by atoms with Gasteiger partial charge in [-0.1, -0.05) is 0 Å². The highest BCUT2D eigenvalue weighted by Gasteiger charge is 2.10. The first-order chi connectivity index (χ1) is 7.54. The molecule has 0 radical (unpaired) electrons. The predicted molar refractivity (Wildman–Crippen MR) is 50.0 cm³/mol. The van der Waals surface area contributed by atoms with E-state index >= 15 is 0 Å². The van der Waals surface area contributed by atoms with Gasteiger partial charge in [0.2, 0.25) is 0 Å². The van der Waals surface area contributed by atoms with Gasteiger partial charge in [-0.25, -0.2) is 19.0 Å². The van der Waals surface area contributed by atoms with Crippen molar-refractivity contribution in [3.05, 3.63) is 29.3 Å². The van der Waals surface area contributed by atoms with Crippen molar-refractivity contribution in [1.29, 1.82) is 0 Å². The average molecular weight is 223 g/mol. The fourth-order valence-corrected chi connectivity index (χ4v) is 0.837. The van der Waals surface area contributed by atoms with E-state index in [9.17, 15) is 14.0 Å². The summed E-state index contributed by atoms with van der Waals surface area (Å²) in [5.74, 6) is 1.12. The van der Waals surface area contributed by atoms with Gasteiger partial charge in [-0.2, -0.15) is 0 Å². The summed E-state index contributed by atoms with van der Waals surface area (Å²) in [7, 11) is 1.15. The average Bonchev–Trinajstić information content (AvgIpc) is 2.27. The van der Waals surface area contributed by atoms with Crippen molar-refractivity contribution < 1.29 is 23.8 Å². The van der Waals surface area contributed by atoms with Crippen LogP contribution in [0.25, 0.3) is 0 Å². The van der Waals surface area contributed by atoms with Gasteiger partial charge in [0.15, 0.2) is 5.82 Å². The van der Waals surface area contributed by atoms with Crippen molar-refractivity contribution in [3.63, 3.8) is 0 Å². The van der Waals surface area contributed by atoms with Crippen LogP contribution in [0.4, 0.5) is 4.39 Å². The fourth-order valence-electron chi connectivity index (χ4n) is 0.837. The highest BCUT2D eigenvalue weighted by molar-refractivity contribution is 5.90. The number of esters is 1. The largest absolute Gasteiger partial charge is 0.478 e. The van der Waals surface area contributed by atoms with Crippen LogP contribution in [0.1, 0.15) is 16.1 Å². The summed E-state index contributed by atoms with van der Waals surface area (Å²) in [5, 5.41) is 8.61. The summed E-state index contributed by atoms with van der Waals surface area (Å²) < 4.78 is 17.1. The molecule has 0 saturated carbocycles. The van der Waals surface area contributed by atoms with Crippen LogP contribution in [-0.4, -0.2) is 29.1 Å². The van der Waals surface area contributed by atoms with Crippen LogP contribution in [0, 0.1) is 17.7 Å². The number of halogens is 1. The molecule has 82 valence electrons. The molecule has 0 atom stereocenters. The van der Waals surface area contributed by atoms with E-state index in [4.69, 9.17) is 5.11 Å². The summed E-state index contributed by atoms with van der Waals surface area (Å²) >= 11 is 0. The molecule has 0 amide bonds. The van der Waals surface area contributed by atoms with E-state index in [-0.39, 0.29) is 5.69 Å². The molecule has 0 bridgehead atoms. The van der Waals surface area contributed by atoms with Crippen LogP contribution in [0.15, 0.2) is 12.3 Å². The van der Waals surface area contributed by atoms with Crippen LogP contribution < -0.4 is 0 Å². The van der Waals surface area contributed by atoms with Gasteiger partial charge in [-0.3, -0.25) is 0 Å². The van der Waals surface area contributed by atoms with E-state index in [0.29, 0.717) is 0 Å². The summed E-state index contributed by atoms with van der Waals surface area (Å²) in [6, 6.07) is 0.938. The number of hydrogen-bond acceptors (Lipinski definition) is 4. The number of rotatable bonds is 1. The minimum Gasteiger partial charge on any atom is -0.478 e. The number of carbonyl (C=O) groups is 2. The second-order valence-electron chi connectivity index (χ2n) is 2.60. The number of carboxylic acid groups (broad SMARTS) is 1. The molecule has 1 aromatic heterocycles. The fraction of sp³-hybridized carbons (Fsp3) is 0.100. The third kappa shape index (κ3) is 2.78. The Balaban J connectivity index is 3.07. The summed E-state index contributed by atoms with van der Waals surface area (Å²) in [6.45, 7) is 0. The molecule has 0 aliphatic rings. The van der Waals surface area contributed by atoms with Gasteiger partial charge in [0.1, 0.15) is 5.69 Å². The Morgan fingerprint density at radius 1 is 1.56 bits per heavy atom. The third-order valence-electron chi connectivity index (χ3n) is 1.56. The maximum absolute atomic E-state index is 12.9. The first-order valence-electron chi connectivity index (χ1n) is 4.03. The lowest BCUT2D eigenvalue weighted by atomic mass is 10.2. The molecule has 0 aromatic carbocycles.